The number of ether oxygens (including phenoxy) is 1. The second-order valence-electron chi connectivity index (χ2n) is 8.16. The number of aromatic nitrogens is 1. The Morgan fingerprint density at radius 2 is 1.70 bits per heavy atom. The van der Waals surface area contributed by atoms with Crippen LogP contribution in [0.4, 0.5) is 10.6 Å². The van der Waals surface area contributed by atoms with E-state index in [-0.39, 0.29) is 17.6 Å². The zero-order valence-corrected chi connectivity index (χ0v) is 19.7. The minimum absolute atomic E-state index is 0.153. The number of nitrogens with zero attached hydrogens (tertiary/aromatic N) is 2. The number of hydrogen-bond acceptors (Lipinski definition) is 4. The van der Waals surface area contributed by atoms with E-state index in [0.29, 0.717) is 11.4 Å². The maximum absolute atomic E-state index is 11.9. The third kappa shape index (κ3) is 8.14. The highest BCUT2D eigenvalue weighted by Gasteiger charge is 2.22. The number of benzene rings is 1. The predicted octanol–water partition coefficient (Wildman–Crippen LogP) is 5.81. The molecular weight excluding hydrogens is 446 g/mol. The van der Waals surface area contributed by atoms with E-state index in [1.54, 1.807) is 23.2 Å². The Bertz CT molecular complexity index is 842. The first-order chi connectivity index (χ1) is 14.2. The molecule has 162 valence electrons. The summed E-state index contributed by atoms with van der Waals surface area (Å²) in [7, 11) is 0. The second-order valence-corrected chi connectivity index (χ2v) is 9.07. The van der Waals surface area contributed by atoms with Crippen LogP contribution in [0.5, 0.6) is 0 Å². The molecule has 1 aliphatic rings. The molecule has 1 aromatic carbocycles. The third-order valence-corrected chi connectivity index (χ3v) is 4.88. The summed E-state index contributed by atoms with van der Waals surface area (Å²) < 4.78 is 6.21. The van der Waals surface area contributed by atoms with Crippen LogP contribution in [-0.2, 0) is 4.74 Å². The summed E-state index contributed by atoms with van der Waals surface area (Å²) in [5, 5.41) is 2.78. The molecular formula is C23H30BrN3O3. The van der Waals surface area contributed by atoms with Gasteiger partial charge in [0.25, 0.3) is 5.91 Å². The Morgan fingerprint density at radius 1 is 1.07 bits per heavy atom. The first kappa shape index (κ1) is 23.9. The number of nitrogens with one attached hydrogen (secondary N) is 1. The fourth-order valence-electron chi connectivity index (χ4n) is 2.80. The van der Waals surface area contributed by atoms with Gasteiger partial charge in [-0.2, -0.15) is 0 Å². The summed E-state index contributed by atoms with van der Waals surface area (Å²) in [5.41, 5.74) is 1.19. The fourth-order valence-corrected chi connectivity index (χ4v) is 3.06. The van der Waals surface area contributed by atoms with Crippen LogP contribution in [0, 0.1) is 6.92 Å². The molecule has 2 aromatic rings. The second kappa shape index (κ2) is 11.1. The van der Waals surface area contributed by atoms with Crippen molar-refractivity contribution in [3.05, 3.63) is 58.2 Å². The average Bonchev–Trinajstić information content (AvgIpc) is 2.70. The summed E-state index contributed by atoms with van der Waals surface area (Å²) in [6.45, 7) is 9.31. The zero-order chi connectivity index (χ0) is 22.1. The van der Waals surface area contributed by atoms with Crippen molar-refractivity contribution < 1.29 is 14.3 Å². The lowest BCUT2D eigenvalue weighted by molar-refractivity contribution is 0.0216. The van der Waals surface area contributed by atoms with Gasteiger partial charge in [-0.15, -0.1) is 0 Å². The normalized spacial score (nSPS) is 13.7. The van der Waals surface area contributed by atoms with Crippen LogP contribution in [0.15, 0.2) is 47.1 Å². The Morgan fingerprint density at radius 3 is 2.27 bits per heavy atom. The molecule has 0 atom stereocenters. The van der Waals surface area contributed by atoms with E-state index in [4.69, 9.17) is 4.74 Å². The number of amides is 2. The molecule has 6 nitrogen and oxygen atoms in total. The minimum Gasteiger partial charge on any atom is -0.444 e. The Balaban J connectivity index is 0.000000222. The Labute approximate surface area is 187 Å². The first-order valence-electron chi connectivity index (χ1n) is 10.1. The van der Waals surface area contributed by atoms with Gasteiger partial charge in [-0.05, 0) is 82.9 Å². The van der Waals surface area contributed by atoms with Crippen LogP contribution in [-0.4, -0.2) is 40.6 Å². The molecule has 1 aromatic heterocycles. The third-order valence-electron chi connectivity index (χ3n) is 4.36. The summed E-state index contributed by atoms with van der Waals surface area (Å²) >= 11 is 3.33. The maximum atomic E-state index is 11.9. The van der Waals surface area contributed by atoms with Crippen molar-refractivity contribution in [1.82, 2.24) is 9.88 Å². The van der Waals surface area contributed by atoms with Gasteiger partial charge < -0.3 is 15.0 Å². The standard InChI is InChI=1S/C13H11BrN2O.C10H19NO2/c1-9-3-2-8-15-12(9)16-13(17)10-4-6-11(14)7-5-10;1-10(2,3)13-9(12)11-7-5-4-6-8-11/h2-8H,1H3,(H,15,16,17);4-8H2,1-3H3. The number of likely N-dealkylation sites (tertiary alicyclic amines) is 1. The summed E-state index contributed by atoms with van der Waals surface area (Å²) in [5.74, 6) is 0.444. The van der Waals surface area contributed by atoms with Gasteiger partial charge in [0.1, 0.15) is 11.4 Å². The number of carbonyl (C=O) groups excluding carboxylic acids is 2. The van der Waals surface area contributed by atoms with Crippen molar-refractivity contribution >= 4 is 33.7 Å². The molecule has 30 heavy (non-hydrogen) atoms. The highest BCUT2D eigenvalue weighted by Crippen LogP contribution is 2.15. The van der Waals surface area contributed by atoms with E-state index >= 15 is 0 Å². The maximum Gasteiger partial charge on any atom is 0.410 e. The molecule has 0 spiro atoms. The summed E-state index contributed by atoms with van der Waals surface area (Å²) in [4.78, 5) is 29.3. The largest absolute Gasteiger partial charge is 0.444 e. The van der Waals surface area contributed by atoms with Crippen LogP contribution in [0.1, 0.15) is 56.0 Å². The number of anilines is 1. The molecule has 2 heterocycles. The van der Waals surface area contributed by atoms with E-state index < -0.39 is 0 Å². The molecule has 0 aliphatic carbocycles. The molecule has 1 aliphatic heterocycles. The topological polar surface area (TPSA) is 71.5 Å². The van der Waals surface area contributed by atoms with Gasteiger partial charge in [-0.25, -0.2) is 9.78 Å². The van der Waals surface area contributed by atoms with Gasteiger partial charge >= 0.3 is 6.09 Å². The quantitative estimate of drug-likeness (QED) is 0.594. The summed E-state index contributed by atoms with van der Waals surface area (Å²) in [6.07, 6.45) is 4.95. The molecule has 3 rings (SSSR count). The van der Waals surface area contributed by atoms with Gasteiger partial charge in [0.15, 0.2) is 0 Å². The fraction of sp³-hybridized carbons (Fsp3) is 0.435. The van der Waals surface area contributed by atoms with E-state index in [0.717, 1.165) is 36.0 Å². The molecule has 7 heteroatoms. The number of piperidine rings is 1. The van der Waals surface area contributed by atoms with E-state index in [2.05, 4.69) is 26.2 Å². The van der Waals surface area contributed by atoms with Crippen molar-refractivity contribution in [2.75, 3.05) is 18.4 Å². The van der Waals surface area contributed by atoms with Crippen LogP contribution in [0.25, 0.3) is 0 Å². The number of aryl methyl sites for hydroxylation is 1. The zero-order valence-electron chi connectivity index (χ0n) is 18.1. The molecule has 0 bridgehead atoms. The van der Waals surface area contributed by atoms with Crippen LogP contribution in [0.3, 0.4) is 0 Å². The van der Waals surface area contributed by atoms with E-state index in [9.17, 15) is 9.59 Å². The van der Waals surface area contributed by atoms with Gasteiger partial charge in [0.05, 0.1) is 0 Å². The van der Waals surface area contributed by atoms with Crippen molar-refractivity contribution in [3.8, 4) is 0 Å². The van der Waals surface area contributed by atoms with E-state index in [1.807, 2.05) is 52.0 Å². The molecule has 0 saturated carbocycles. The number of pyridine rings is 1. The SMILES string of the molecule is CC(C)(C)OC(=O)N1CCCCC1.Cc1cccnc1NC(=O)c1ccc(Br)cc1. The van der Waals surface area contributed by atoms with E-state index in [1.165, 1.54) is 6.42 Å². The Hall–Kier alpha value is -2.41. The lowest BCUT2D eigenvalue weighted by Crippen LogP contribution is -2.39. The van der Waals surface area contributed by atoms with Crippen molar-refractivity contribution in [2.24, 2.45) is 0 Å². The predicted molar refractivity (Wildman–Crippen MR) is 123 cm³/mol. The molecule has 1 saturated heterocycles. The Kier molecular flexibility index (Phi) is 8.84. The van der Waals surface area contributed by atoms with Crippen molar-refractivity contribution in [2.45, 2.75) is 52.6 Å². The molecule has 1 fully saturated rings. The van der Waals surface area contributed by atoms with Crippen LogP contribution >= 0.6 is 15.9 Å². The smallest absolute Gasteiger partial charge is 0.410 e. The van der Waals surface area contributed by atoms with Gasteiger partial charge in [-0.3, -0.25) is 4.79 Å². The van der Waals surface area contributed by atoms with Crippen molar-refractivity contribution in [1.29, 1.82) is 0 Å². The van der Waals surface area contributed by atoms with Gasteiger partial charge in [0.2, 0.25) is 0 Å². The average molecular weight is 476 g/mol. The first-order valence-corrected chi connectivity index (χ1v) is 10.9. The van der Waals surface area contributed by atoms with Crippen LogP contribution in [0.2, 0.25) is 0 Å². The van der Waals surface area contributed by atoms with Crippen molar-refractivity contribution in [3.63, 3.8) is 0 Å². The summed E-state index contributed by atoms with van der Waals surface area (Å²) in [6, 6.07) is 10.9. The number of hydrogen-bond donors (Lipinski definition) is 1. The lowest BCUT2D eigenvalue weighted by Gasteiger charge is -2.29. The van der Waals surface area contributed by atoms with Gasteiger partial charge in [-0.1, -0.05) is 22.0 Å². The molecule has 2 amide bonds. The monoisotopic (exact) mass is 475 g/mol. The number of halogens is 1. The molecule has 1 N–H and O–H groups in total. The number of carbonyl (C=O) groups is 2. The minimum atomic E-state index is -0.367. The van der Waals surface area contributed by atoms with Gasteiger partial charge in [0, 0.05) is 29.3 Å². The molecule has 0 unspecified atom stereocenters. The molecule has 0 radical (unpaired) electrons. The number of rotatable bonds is 2. The highest BCUT2D eigenvalue weighted by atomic mass is 79.9. The van der Waals surface area contributed by atoms with Crippen LogP contribution < -0.4 is 5.32 Å². The highest BCUT2D eigenvalue weighted by molar-refractivity contribution is 9.10. The lowest BCUT2D eigenvalue weighted by atomic mass is 10.1.